The van der Waals surface area contributed by atoms with Crippen molar-refractivity contribution in [3.63, 3.8) is 0 Å². The average molecular weight is 518 g/mol. The quantitative estimate of drug-likeness (QED) is 0.285. The first-order valence-corrected chi connectivity index (χ1v) is 11.7. The Balaban J connectivity index is 1.68. The molecule has 34 heavy (non-hydrogen) atoms. The smallest absolute Gasteiger partial charge is 0.256 e. The zero-order valence-electron chi connectivity index (χ0n) is 18.6. The van der Waals surface area contributed by atoms with Crippen LogP contribution in [0.5, 0.6) is 0 Å². The number of para-hydroxylation sites is 1. The standard InChI is InChI=1S/C24H23Cl3N6O/c1-32(2)11-4-12-33-20-8-7-15(23(34)30-21-14-16(25)9-10-28-21)13-19(20)29-24(33)31-22-17(26)5-3-6-18(22)27/h3,5-10,13-14H,4,11-12H2,1-2H3,(H,29,31)(H,28,30,34). The number of rotatable bonds is 8. The van der Waals surface area contributed by atoms with Gasteiger partial charge in [-0.3, -0.25) is 4.79 Å². The van der Waals surface area contributed by atoms with Crippen LogP contribution in [0, 0.1) is 0 Å². The highest BCUT2D eigenvalue weighted by molar-refractivity contribution is 6.39. The fourth-order valence-corrected chi connectivity index (χ4v) is 4.18. The van der Waals surface area contributed by atoms with E-state index in [1.54, 1.807) is 42.5 Å². The van der Waals surface area contributed by atoms with Crippen LogP contribution in [-0.2, 0) is 6.54 Å². The Morgan fingerprint density at radius 1 is 1.06 bits per heavy atom. The summed E-state index contributed by atoms with van der Waals surface area (Å²) < 4.78 is 2.07. The molecule has 0 aliphatic carbocycles. The first kappa shape index (κ1) is 24.3. The number of aryl methyl sites for hydroxylation is 1. The number of anilines is 3. The largest absolute Gasteiger partial charge is 0.323 e. The number of nitrogens with zero attached hydrogens (tertiary/aromatic N) is 4. The van der Waals surface area contributed by atoms with Gasteiger partial charge >= 0.3 is 0 Å². The third kappa shape index (κ3) is 5.62. The van der Waals surface area contributed by atoms with E-state index in [0.717, 1.165) is 25.0 Å². The summed E-state index contributed by atoms with van der Waals surface area (Å²) in [6.45, 7) is 1.64. The molecule has 0 saturated heterocycles. The molecule has 4 aromatic rings. The maximum Gasteiger partial charge on any atom is 0.256 e. The SMILES string of the molecule is CN(C)CCCn1c(Nc2c(Cl)cccc2Cl)nc2cc(C(=O)Nc3cc(Cl)ccn3)ccc21. The number of fused-ring (bicyclic) bond motifs is 1. The molecule has 4 rings (SSSR count). The second-order valence-corrected chi connectivity index (χ2v) is 9.23. The van der Waals surface area contributed by atoms with Gasteiger partial charge < -0.3 is 20.1 Å². The van der Waals surface area contributed by atoms with Crippen molar-refractivity contribution in [1.82, 2.24) is 19.4 Å². The molecule has 2 N–H and O–H groups in total. The number of nitrogens with one attached hydrogen (secondary N) is 2. The molecule has 2 heterocycles. The second kappa shape index (κ2) is 10.6. The highest BCUT2D eigenvalue weighted by atomic mass is 35.5. The van der Waals surface area contributed by atoms with Gasteiger partial charge in [0.05, 0.1) is 26.8 Å². The van der Waals surface area contributed by atoms with E-state index in [9.17, 15) is 4.79 Å². The van der Waals surface area contributed by atoms with Crippen LogP contribution in [0.3, 0.4) is 0 Å². The van der Waals surface area contributed by atoms with Gasteiger partial charge in [0, 0.05) is 23.3 Å². The van der Waals surface area contributed by atoms with Gasteiger partial charge in [-0.1, -0.05) is 40.9 Å². The van der Waals surface area contributed by atoms with Gasteiger partial charge in [0.1, 0.15) is 5.82 Å². The van der Waals surface area contributed by atoms with Crippen molar-refractivity contribution in [1.29, 1.82) is 0 Å². The Kier molecular flexibility index (Phi) is 7.58. The molecule has 7 nitrogen and oxygen atoms in total. The molecular formula is C24H23Cl3N6O. The van der Waals surface area contributed by atoms with Crippen LogP contribution in [0.25, 0.3) is 11.0 Å². The van der Waals surface area contributed by atoms with Gasteiger partial charge in [-0.25, -0.2) is 9.97 Å². The first-order valence-electron chi connectivity index (χ1n) is 10.6. The molecule has 0 unspecified atom stereocenters. The van der Waals surface area contributed by atoms with Gasteiger partial charge in [0.25, 0.3) is 5.91 Å². The van der Waals surface area contributed by atoms with Crippen LogP contribution in [0.1, 0.15) is 16.8 Å². The summed E-state index contributed by atoms with van der Waals surface area (Å²) in [4.78, 5) is 23.8. The topological polar surface area (TPSA) is 75.1 Å². The number of benzene rings is 2. The summed E-state index contributed by atoms with van der Waals surface area (Å²) in [6, 6.07) is 13.9. The molecule has 176 valence electrons. The van der Waals surface area contributed by atoms with Crippen molar-refractivity contribution in [3.05, 3.63) is 75.4 Å². The summed E-state index contributed by atoms with van der Waals surface area (Å²) in [5, 5.41) is 7.52. The molecule has 0 spiro atoms. The normalized spacial score (nSPS) is 11.2. The molecule has 0 atom stereocenters. The predicted molar refractivity (Wildman–Crippen MR) is 140 cm³/mol. The van der Waals surface area contributed by atoms with E-state index in [1.165, 1.54) is 6.20 Å². The third-order valence-corrected chi connectivity index (χ3v) is 6.03. The Hall–Kier alpha value is -2.84. The number of carbonyl (C=O) groups is 1. The van der Waals surface area contributed by atoms with Crippen molar-refractivity contribution in [2.24, 2.45) is 0 Å². The summed E-state index contributed by atoms with van der Waals surface area (Å²) >= 11 is 18.7. The van der Waals surface area contributed by atoms with Crippen molar-refractivity contribution in [2.45, 2.75) is 13.0 Å². The Morgan fingerprint density at radius 2 is 1.82 bits per heavy atom. The zero-order valence-corrected chi connectivity index (χ0v) is 20.9. The lowest BCUT2D eigenvalue weighted by Crippen LogP contribution is -2.15. The Morgan fingerprint density at radius 3 is 2.53 bits per heavy atom. The zero-order chi connectivity index (χ0) is 24.2. The van der Waals surface area contributed by atoms with E-state index >= 15 is 0 Å². The van der Waals surface area contributed by atoms with E-state index in [4.69, 9.17) is 39.8 Å². The lowest BCUT2D eigenvalue weighted by molar-refractivity contribution is 0.102. The minimum absolute atomic E-state index is 0.303. The number of amides is 1. The number of imidazole rings is 1. The van der Waals surface area contributed by atoms with Crippen molar-refractivity contribution in [2.75, 3.05) is 31.3 Å². The number of aromatic nitrogens is 3. The van der Waals surface area contributed by atoms with Gasteiger partial charge in [0.2, 0.25) is 5.95 Å². The third-order valence-electron chi connectivity index (χ3n) is 5.16. The fraction of sp³-hybridized carbons (Fsp3) is 0.208. The molecule has 0 aliphatic rings. The summed E-state index contributed by atoms with van der Waals surface area (Å²) in [5.41, 5.74) is 2.60. The van der Waals surface area contributed by atoms with E-state index in [-0.39, 0.29) is 5.91 Å². The van der Waals surface area contributed by atoms with Gasteiger partial charge in [-0.15, -0.1) is 0 Å². The number of halogens is 3. The van der Waals surface area contributed by atoms with E-state index < -0.39 is 0 Å². The van der Waals surface area contributed by atoms with Crippen LogP contribution < -0.4 is 10.6 Å². The fourth-order valence-electron chi connectivity index (χ4n) is 3.53. The molecule has 2 aromatic heterocycles. The van der Waals surface area contributed by atoms with Crippen molar-refractivity contribution in [3.8, 4) is 0 Å². The van der Waals surface area contributed by atoms with E-state index in [1.807, 2.05) is 20.2 Å². The van der Waals surface area contributed by atoms with Crippen LogP contribution in [0.4, 0.5) is 17.5 Å². The molecule has 0 aliphatic heterocycles. The Labute approximate surface area is 212 Å². The maximum absolute atomic E-state index is 12.8. The van der Waals surface area contributed by atoms with Crippen molar-refractivity contribution >= 4 is 69.2 Å². The minimum atomic E-state index is -0.303. The van der Waals surface area contributed by atoms with Gasteiger partial charge in [0.15, 0.2) is 0 Å². The highest BCUT2D eigenvalue weighted by Crippen LogP contribution is 2.33. The molecule has 0 fully saturated rings. The average Bonchev–Trinajstić information content (AvgIpc) is 3.12. The monoisotopic (exact) mass is 516 g/mol. The molecule has 1 amide bonds. The van der Waals surface area contributed by atoms with Crippen molar-refractivity contribution < 1.29 is 4.79 Å². The van der Waals surface area contributed by atoms with Crippen LogP contribution >= 0.6 is 34.8 Å². The first-order chi connectivity index (χ1) is 16.3. The van der Waals surface area contributed by atoms with Crippen LogP contribution in [-0.4, -0.2) is 46.0 Å². The van der Waals surface area contributed by atoms with E-state index in [2.05, 4.69) is 25.1 Å². The summed E-state index contributed by atoms with van der Waals surface area (Å²) in [7, 11) is 4.07. The maximum atomic E-state index is 12.8. The number of hydrogen-bond acceptors (Lipinski definition) is 5. The minimum Gasteiger partial charge on any atom is -0.323 e. The van der Waals surface area contributed by atoms with E-state index in [0.29, 0.717) is 43.6 Å². The van der Waals surface area contributed by atoms with Crippen LogP contribution in [0.2, 0.25) is 15.1 Å². The van der Waals surface area contributed by atoms with Gasteiger partial charge in [-0.05, 0) is 69.5 Å². The number of pyridine rings is 1. The predicted octanol–water partition coefficient (Wildman–Crippen LogP) is 6.34. The molecule has 0 saturated carbocycles. The molecule has 0 bridgehead atoms. The summed E-state index contributed by atoms with van der Waals surface area (Å²) in [5.74, 6) is 0.669. The lowest BCUT2D eigenvalue weighted by Gasteiger charge is -2.14. The molecular weight excluding hydrogens is 495 g/mol. The molecule has 0 radical (unpaired) electrons. The van der Waals surface area contributed by atoms with Gasteiger partial charge in [-0.2, -0.15) is 0 Å². The molecule has 2 aromatic carbocycles. The number of hydrogen-bond donors (Lipinski definition) is 2. The Bertz CT molecular complexity index is 1320. The van der Waals surface area contributed by atoms with Crippen LogP contribution in [0.15, 0.2) is 54.7 Å². The highest BCUT2D eigenvalue weighted by Gasteiger charge is 2.16. The molecule has 10 heteroatoms. The number of carbonyl (C=O) groups excluding carboxylic acids is 1. The summed E-state index contributed by atoms with van der Waals surface area (Å²) in [6.07, 6.45) is 2.44. The second-order valence-electron chi connectivity index (χ2n) is 7.98. The lowest BCUT2D eigenvalue weighted by atomic mass is 10.2.